The summed E-state index contributed by atoms with van der Waals surface area (Å²) in [4.78, 5) is 31.3. The number of nitrogens with zero attached hydrogens (tertiary/aromatic N) is 6. The first kappa shape index (κ1) is 26.4. The van der Waals surface area contributed by atoms with E-state index in [-0.39, 0.29) is 18.1 Å². The average molecular weight is 572 g/mol. The molecule has 2 aliphatic carbocycles. The summed E-state index contributed by atoms with van der Waals surface area (Å²) in [6.45, 7) is 8.50. The van der Waals surface area contributed by atoms with Crippen LogP contribution in [0, 0.1) is 12.8 Å². The monoisotopic (exact) mass is 571 g/mol. The Balaban J connectivity index is 1.20. The third-order valence-corrected chi connectivity index (χ3v) is 10.1. The molecule has 214 valence electrons. The van der Waals surface area contributed by atoms with Crippen LogP contribution in [0.3, 0.4) is 0 Å². The number of hydrogen-bond donors (Lipinski definition) is 1. The summed E-state index contributed by atoms with van der Waals surface area (Å²) in [6.07, 6.45) is 10.9. The van der Waals surface area contributed by atoms with Crippen molar-refractivity contribution >= 4 is 28.9 Å². The van der Waals surface area contributed by atoms with Crippen LogP contribution in [-0.4, -0.2) is 53.7 Å². The van der Waals surface area contributed by atoms with E-state index in [0.717, 1.165) is 77.3 Å². The summed E-state index contributed by atoms with van der Waals surface area (Å²) < 4.78 is 7.51. The Hall–Kier alpha value is -3.53. The number of aromatic nitrogens is 5. The summed E-state index contributed by atoms with van der Waals surface area (Å²) in [5.41, 5.74) is 12.9. The standard InChI is InChI=1S/C31H37N7O2S/c1-17-26(21-13-20-8-5-7-19(21)16-37(20)30(39)40-31(2,3)4)36-28-22(15-34-38(28)27(17)32)18-11-12-24(33-14-18)29-35-23-9-6-10-25(23)41-29/h11-12,14-15,19-21H,5-10,13,16,32H2,1-4H3. The summed E-state index contributed by atoms with van der Waals surface area (Å²) in [5.74, 6) is 1.15. The molecular weight excluding hydrogens is 534 g/mol. The van der Waals surface area contributed by atoms with Gasteiger partial charge in [0.1, 0.15) is 16.4 Å². The van der Waals surface area contributed by atoms with Gasteiger partial charge in [-0.1, -0.05) is 12.5 Å². The van der Waals surface area contributed by atoms with Crippen LogP contribution in [-0.2, 0) is 17.6 Å². The summed E-state index contributed by atoms with van der Waals surface area (Å²) in [7, 11) is 0. The zero-order chi connectivity index (χ0) is 28.5. The fourth-order valence-corrected chi connectivity index (χ4v) is 7.99. The van der Waals surface area contributed by atoms with Gasteiger partial charge in [0, 0.05) is 46.3 Å². The lowest BCUT2D eigenvalue weighted by Crippen LogP contribution is -2.49. The molecular formula is C31H37N7O2S. The van der Waals surface area contributed by atoms with E-state index in [1.165, 1.54) is 17.0 Å². The Morgan fingerprint density at radius 2 is 1.98 bits per heavy atom. The molecule has 2 saturated heterocycles. The number of carbonyl (C=O) groups excluding carboxylic acids is 1. The van der Waals surface area contributed by atoms with Gasteiger partial charge in [0.25, 0.3) is 0 Å². The summed E-state index contributed by atoms with van der Waals surface area (Å²) >= 11 is 1.76. The SMILES string of the molecule is Cc1c(C2CC3CCCC2CN3C(=O)OC(C)(C)C)nc2c(-c3ccc(-c4nc5c(s4)CCC5)nc3)cnn2c1N. The molecule has 10 heteroatoms. The van der Waals surface area contributed by atoms with Crippen molar-refractivity contribution in [3.05, 3.63) is 46.4 Å². The molecule has 0 aromatic carbocycles. The molecule has 41 heavy (non-hydrogen) atoms. The van der Waals surface area contributed by atoms with Crippen molar-refractivity contribution in [2.24, 2.45) is 5.92 Å². The van der Waals surface area contributed by atoms with Gasteiger partial charge in [-0.2, -0.15) is 9.61 Å². The first-order valence-electron chi connectivity index (χ1n) is 14.7. The van der Waals surface area contributed by atoms with Crippen LogP contribution in [0.2, 0.25) is 0 Å². The normalized spacial score (nSPS) is 22.2. The van der Waals surface area contributed by atoms with E-state index < -0.39 is 5.60 Å². The van der Waals surface area contributed by atoms with Crippen LogP contribution in [0.25, 0.3) is 27.5 Å². The second-order valence-electron chi connectivity index (χ2n) is 12.8. The second kappa shape index (κ2) is 9.79. The molecule has 4 aromatic heterocycles. The first-order valence-corrected chi connectivity index (χ1v) is 15.6. The lowest BCUT2D eigenvalue weighted by atomic mass is 9.79. The molecule has 3 atom stereocenters. The molecule has 2 aliphatic heterocycles. The lowest BCUT2D eigenvalue weighted by molar-refractivity contribution is 0.00314. The van der Waals surface area contributed by atoms with Crippen molar-refractivity contribution in [3.8, 4) is 21.8 Å². The zero-order valence-corrected chi connectivity index (χ0v) is 25.0. The number of rotatable bonds is 3. The largest absolute Gasteiger partial charge is 0.444 e. The number of carbonyl (C=O) groups is 1. The van der Waals surface area contributed by atoms with Gasteiger partial charge < -0.3 is 15.4 Å². The highest BCUT2D eigenvalue weighted by atomic mass is 32.1. The number of nitrogen functional groups attached to an aromatic ring is 1. The highest BCUT2D eigenvalue weighted by Gasteiger charge is 2.43. The van der Waals surface area contributed by atoms with E-state index in [1.54, 1.807) is 15.9 Å². The fourth-order valence-electron chi connectivity index (χ4n) is 6.86. The molecule has 1 amide bonds. The predicted octanol–water partition coefficient (Wildman–Crippen LogP) is 6.19. The lowest BCUT2D eigenvalue weighted by Gasteiger charge is -2.42. The highest BCUT2D eigenvalue weighted by Crippen LogP contribution is 2.45. The molecule has 6 heterocycles. The molecule has 3 unspecified atom stereocenters. The van der Waals surface area contributed by atoms with E-state index >= 15 is 0 Å². The quantitative estimate of drug-likeness (QED) is 0.312. The predicted molar refractivity (Wildman–Crippen MR) is 160 cm³/mol. The smallest absolute Gasteiger partial charge is 0.410 e. The molecule has 0 spiro atoms. The van der Waals surface area contributed by atoms with Gasteiger partial charge in [-0.15, -0.1) is 11.3 Å². The number of thiazole rings is 1. The van der Waals surface area contributed by atoms with E-state index in [9.17, 15) is 4.79 Å². The molecule has 3 fully saturated rings. The van der Waals surface area contributed by atoms with Crippen LogP contribution in [0.4, 0.5) is 10.6 Å². The first-order chi connectivity index (χ1) is 19.7. The van der Waals surface area contributed by atoms with Crippen molar-refractivity contribution in [2.45, 2.75) is 90.2 Å². The molecule has 0 radical (unpaired) electrons. The summed E-state index contributed by atoms with van der Waals surface area (Å²) in [5, 5.41) is 5.60. The Morgan fingerprint density at radius 3 is 2.73 bits per heavy atom. The summed E-state index contributed by atoms with van der Waals surface area (Å²) in [6, 6.07) is 4.26. The van der Waals surface area contributed by atoms with E-state index in [2.05, 4.69) is 11.2 Å². The van der Waals surface area contributed by atoms with Gasteiger partial charge in [-0.3, -0.25) is 4.98 Å². The molecule has 4 aromatic rings. The maximum atomic E-state index is 13.1. The Labute approximate surface area is 244 Å². The molecule has 1 saturated carbocycles. The molecule has 2 N–H and O–H groups in total. The highest BCUT2D eigenvalue weighted by molar-refractivity contribution is 7.15. The molecule has 9 nitrogen and oxygen atoms in total. The Kier molecular flexibility index (Phi) is 6.30. The molecule has 8 rings (SSSR count). The van der Waals surface area contributed by atoms with Crippen LogP contribution < -0.4 is 5.73 Å². The number of nitrogens with two attached hydrogens (primary N) is 1. The average Bonchev–Trinajstić information content (AvgIpc) is 3.58. The van der Waals surface area contributed by atoms with Crippen molar-refractivity contribution < 1.29 is 9.53 Å². The second-order valence-corrected chi connectivity index (χ2v) is 13.9. The van der Waals surface area contributed by atoms with Crippen molar-refractivity contribution in [1.82, 2.24) is 29.5 Å². The minimum Gasteiger partial charge on any atom is -0.444 e. The van der Waals surface area contributed by atoms with Gasteiger partial charge >= 0.3 is 6.09 Å². The van der Waals surface area contributed by atoms with E-state index in [1.807, 2.05) is 51.1 Å². The molecule has 2 bridgehead atoms. The molecule has 4 aliphatic rings. The third-order valence-electron chi connectivity index (χ3n) is 8.91. The number of fused-ring (bicyclic) bond motifs is 6. The number of hydrogen-bond acceptors (Lipinski definition) is 8. The van der Waals surface area contributed by atoms with Gasteiger partial charge in [-0.05, 0) is 78.2 Å². The number of ether oxygens (including phenoxy) is 1. The maximum Gasteiger partial charge on any atom is 0.410 e. The van der Waals surface area contributed by atoms with Crippen LogP contribution >= 0.6 is 11.3 Å². The fraction of sp³-hybridized carbons (Fsp3) is 0.516. The third kappa shape index (κ3) is 4.66. The van der Waals surface area contributed by atoms with E-state index in [4.69, 9.17) is 25.4 Å². The van der Waals surface area contributed by atoms with Gasteiger partial charge in [0.05, 0.1) is 23.3 Å². The van der Waals surface area contributed by atoms with Crippen molar-refractivity contribution in [2.75, 3.05) is 12.3 Å². The van der Waals surface area contributed by atoms with Gasteiger partial charge in [0.15, 0.2) is 5.65 Å². The van der Waals surface area contributed by atoms with Crippen LogP contribution in [0.1, 0.15) is 80.6 Å². The van der Waals surface area contributed by atoms with Crippen molar-refractivity contribution in [1.29, 1.82) is 0 Å². The Bertz CT molecular complexity index is 1610. The number of amides is 1. The minimum absolute atomic E-state index is 0.139. The number of pyridine rings is 1. The van der Waals surface area contributed by atoms with Gasteiger partial charge in [-0.25, -0.2) is 14.8 Å². The number of aryl methyl sites for hydroxylation is 2. The van der Waals surface area contributed by atoms with Crippen molar-refractivity contribution in [3.63, 3.8) is 0 Å². The number of anilines is 1. The van der Waals surface area contributed by atoms with Gasteiger partial charge in [0.2, 0.25) is 0 Å². The van der Waals surface area contributed by atoms with Crippen LogP contribution in [0.15, 0.2) is 24.5 Å². The minimum atomic E-state index is -0.508. The topological polar surface area (TPSA) is 112 Å². The zero-order valence-electron chi connectivity index (χ0n) is 24.2. The number of piperidine rings is 1. The van der Waals surface area contributed by atoms with E-state index in [0.29, 0.717) is 18.3 Å². The maximum absolute atomic E-state index is 13.1. The Morgan fingerprint density at radius 1 is 1.12 bits per heavy atom. The van der Waals surface area contributed by atoms with Crippen LogP contribution in [0.5, 0.6) is 0 Å².